The summed E-state index contributed by atoms with van der Waals surface area (Å²) in [5.74, 6) is -0.182. The van der Waals surface area contributed by atoms with Gasteiger partial charge in [0.2, 0.25) is 5.89 Å². The fourth-order valence-electron chi connectivity index (χ4n) is 1.56. The molecule has 2 heterocycles. The van der Waals surface area contributed by atoms with E-state index in [9.17, 15) is 4.79 Å². The van der Waals surface area contributed by atoms with Crippen LogP contribution in [0.1, 0.15) is 35.8 Å². The molecule has 6 heteroatoms. The van der Waals surface area contributed by atoms with E-state index in [1.165, 1.54) is 7.11 Å². The van der Waals surface area contributed by atoms with Crippen LogP contribution in [0.5, 0.6) is 0 Å². The third-order valence-corrected chi connectivity index (χ3v) is 2.35. The Morgan fingerprint density at radius 1 is 1.53 bits per heavy atom. The molecule has 1 aromatic rings. The maximum absolute atomic E-state index is 11.1. The third kappa shape index (κ3) is 1.99. The number of hydrogen-bond donors (Lipinski definition) is 0. The summed E-state index contributed by atoms with van der Waals surface area (Å²) in [6, 6.07) is 0. The summed E-state index contributed by atoms with van der Waals surface area (Å²) in [5.41, 5.74) is 0. The van der Waals surface area contributed by atoms with Crippen molar-refractivity contribution in [2.75, 3.05) is 13.7 Å². The molecule has 15 heavy (non-hydrogen) atoms. The molecule has 0 amide bonds. The van der Waals surface area contributed by atoms with Gasteiger partial charge in [-0.3, -0.25) is 0 Å². The van der Waals surface area contributed by atoms with E-state index >= 15 is 0 Å². The van der Waals surface area contributed by atoms with E-state index in [-0.39, 0.29) is 17.9 Å². The van der Waals surface area contributed by atoms with Crippen molar-refractivity contribution in [3.05, 3.63) is 11.8 Å². The molecule has 82 valence electrons. The zero-order valence-corrected chi connectivity index (χ0v) is 8.60. The zero-order valence-electron chi connectivity index (χ0n) is 8.60. The van der Waals surface area contributed by atoms with Crippen LogP contribution in [0.2, 0.25) is 0 Å². The first-order valence-electron chi connectivity index (χ1n) is 4.74. The number of aromatic nitrogens is 2. The Balaban J connectivity index is 2.10. The quantitative estimate of drug-likeness (QED) is 0.673. The van der Waals surface area contributed by atoms with Gasteiger partial charge in [0.1, 0.15) is 0 Å². The van der Waals surface area contributed by atoms with Crippen molar-refractivity contribution in [1.82, 2.24) is 10.2 Å². The summed E-state index contributed by atoms with van der Waals surface area (Å²) >= 11 is 0. The van der Waals surface area contributed by atoms with Gasteiger partial charge in [0.15, 0.2) is 0 Å². The maximum atomic E-state index is 11.1. The van der Waals surface area contributed by atoms with E-state index in [2.05, 4.69) is 14.9 Å². The lowest BCUT2D eigenvalue weighted by Crippen LogP contribution is -2.01. The minimum atomic E-state index is -0.610. The fourth-order valence-corrected chi connectivity index (χ4v) is 1.56. The Bertz CT molecular complexity index is 363. The smallest absolute Gasteiger partial charge is 0.396 e. The van der Waals surface area contributed by atoms with Crippen LogP contribution >= 0.6 is 0 Å². The predicted molar refractivity (Wildman–Crippen MR) is 48.4 cm³/mol. The molecule has 2 rings (SSSR count). The van der Waals surface area contributed by atoms with Gasteiger partial charge in [-0.25, -0.2) is 4.79 Å². The number of nitrogens with zero attached hydrogens (tertiary/aromatic N) is 2. The Morgan fingerprint density at radius 2 is 2.33 bits per heavy atom. The van der Waals surface area contributed by atoms with Crippen molar-refractivity contribution in [2.45, 2.75) is 25.4 Å². The molecule has 0 saturated carbocycles. The highest BCUT2D eigenvalue weighted by Crippen LogP contribution is 2.28. The number of methoxy groups -OCH3 is 1. The van der Waals surface area contributed by atoms with Crippen LogP contribution < -0.4 is 0 Å². The molecule has 2 atom stereocenters. The van der Waals surface area contributed by atoms with Gasteiger partial charge in [-0.1, -0.05) is 0 Å². The van der Waals surface area contributed by atoms with Crippen molar-refractivity contribution >= 4 is 5.97 Å². The Hall–Kier alpha value is -1.43. The molecule has 0 N–H and O–H groups in total. The number of rotatable bonds is 2. The van der Waals surface area contributed by atoms with Crippen LogP contribution in [0, 0.1) is 0 Å². The van der Waals surface area contributed by atoms with E-state index in [0.717, 1.165) is 6.42 Å². The summed E-state index contributed by atoms with van der Waals surface area (Å²) in [7, 11) is 1.27. The highest BCUT2D eigenvalue weighted by atomic mass is 16.5. The second kappa shape index (κ2) is 3.98. The number of carbonyl (C=O) groups is 1. The predicted octanol–water partition coefficient (Wildman–Crippen LogP) is 0.749. The first-order chi connectivity index (χ1) is 7.20. The largest absolute Gasteiger partial charge is 0.462 e. The van der Waals surface area contributed by atoms with E-state index < -0.39 is 5.97 Å². The van der Waals surface area contributed by atoms with Crippen LogP contribution in [0.15, 0.2) is 4.42 Å². The molecule has 1 saturated heterocycles. The van der Waals surface area contributed by atoms with Crippen LogP contribution in [-0.4, -0.2) is 36.0 Å². The van der Waals surface area contributed by atoms with Crippen molar-refractivity contribution in [2.24, 2.45) is 0 Å². The van der Waals surface area contributed by atoms with E-state index in [4.69, 9.17) is 9.15 Å². The number of ether oxygens (including phenoxy) is 2. The minimum absolute atomic E-state index is 0.0888. The highest BCUT2D eigenvalue weighted by molar-refractivity contribution is 5.83. The first kappa shape index (κ1) is 10.1. The monoisotopic (exact) mass is 212 g/mol. The van der Waals surface area contributed by atoms with Crippen LogP contribution in [0.3, 0.4) is 0 Å². The molecule has 0 aromatic carbocycles. The molecule has 0 aliphatic carbocycles. The van der Waals surface area contributed by atoms with Gasteiger partial charge < -0.3 is 13.9 Å². The molecule has 0 radical (unpaired) electrons. The first-order valence-corrected chi connectivity index (χ1v) is 4.74. The van der Waals surface area contributed by atoms with Gasteiger partial charge in [0.05, 0.1) is 25.7 Å². The Kier molecular flexibility index (Phi) is 2.68. The van der Waals surface area contributed by atoms with Crippen molar-refractivity contribution < 1.29 is 18.7 Å². The molecular formula is C9H12N2O4. The lowest BCUT2D eigenvalue weighted by molar-refractivity contribution is 0.0552. The molecule has 1 aliphatic heterocycles. The standard InChI is InChI=1S/C9H12N2O4/c1-5-3-6(4-14-5)7-10-11-8(15-7)9(12)13-2/h5-6H,3-4H2,1-2H3. The molecule has 1 aromatic heterocycles. The fraction of sp³-hybridized carbons (Fsp3) is 0.667. The summed E-state index contributed by atoms with van der Waals surface area (Å²) in [5, 5.41) is 7.41. The average molecular weight is 212 g/mol. The second-order valence-electron chi connectivity index (χ2n) is 3.51. The summed E-state index contributed by atoms with van der Waals surface area (Å²) in [4.78, 5) is 11.1. The highest BCUT2D eigenvalue weighted by Gasteiger charge is 2.29. The topological polar surface area (TPSA) is 74.5 Å². The molecule has 1 aliphatic rings. The Labute approximate surface area is 86.6 Å². The van der Waals surface area contributed by atoms with E-state index in [0.29, 0.717) is 12.5 Å². The molecule has 2 unspecified atom stereocenters. The van der Waals surface area contributed by atoms with Crippen molar-refractivity contribution in [3.8, 4) is 0 Å². The number of carbonyl (C=O) groups excluding carboxylic acids is 1. The van der Waals surface area contributed by atoms with Gasteiger partial charge >= 0.3 is 11.9 Å². The molecular weight excluding hydrogens is 200 g/mol. The van der Waals surface area contributed by atoms with Crippen molar-refractivity contribution in [1.29, 1.82) is 0 Å². The lowest BCUT2D eigenvalue weighted by atomic mass is 10.1. The molecule has 0 spiro atoms. The van der Waals surface area contributed by atoms with Crippen LogP contribution in [-0.2, 0) is 9.47 Å². The van der Waals surface area contributed by atoms with Gasteiger partial charge in [0.25, 0.3) is 0 Å². The second-order valence-corrected chi connectivity index (χ2v) is 3.51. The Morgan fingerprint density at radius 3 is 2.93 bits per heavy atom. The van der Waals surface area contributed by atoms with Crippen molar-refractivity contribution in [3.63, 3.8) is 0 Å². The van der Waals surface area contributed by atoms with E-state index in [1.54, 1.807) is 0 Å². The lowest BCUT2D eigenvalue weighted by Gasteiger charge is -1.98. The minimum Gasteiger partial charge on any atom is -0.462 e. The summed E-state index contributed by atoms with van der Waals surface area (Å²) in [6.45, 7) is 2.54. The van der Waals surface area contributed by atoms with Gasteiger partial charge in [-0.15, -0.1) is 10.2 Å². The summed E-state index contributed by atoms with van der Waals surface area (Å²) in [6.07, 6.45) is 1.03. The van der Waals surface area contributed by atoms with Gasteiger partial charge in [0, 0.05) is 0 Å². The summed E-state index contributed by atoms with van der Waals surface area (Å²) < 4.78 is 15.0. The van der Waals surface area contributed by atoms with Gasteiger partial charge in [-0.05, 0) is 13.3 Å². The third-order valence-electron chi connectivity index (χ3n) is 2.35. The van der Waals surface area contributed by atoms with Crippen LogP contribution in [0.4, 0.5) is 0 Å². The normalized spacial score (nSPS) is 25.5. The number of esters is 1. The van der Waals surface area contributed by atoms with E-state index in [1.807, 2.05) is 6.92 Å². The SMILES string of the molecule is COC(=O)c1nnc(C2COC(C)C2)o1. The molecule has 0 bridgehead atoms. The molecule has 6 nitrogen and oxygen atoms in total. The number of hydrogen-bond acceptors (Lipinski definition) is 6. The zero-order chi connectivity index (χ0) is 10.8. The van der Waals surface area contributed by atoms with Gasteiger partial charge in [-0.2, -0.15) is 0 Å². The maximum Gasteiger partial charge on any atom is 0.396 e. The molecule has 1 fully saturated rings. The average Bonchev–Trinajstić information content (AvgIpc) is 2.84. The van der Waals surface area contributed by atoms with Crippen LogP contribution in [0.25, 0.3) is 0 Å².